The Labute approximate surface area is 62.8 Å². The molecule has 2 aliphatic rings. The Morgan fingerprint density at radius 2 is 1.90 bits per heavy atom. The number of nitrogens with zero attached hydrogens (tertiary/aromatic N) is 2. The van der Waals surface area contributed by atoms with E-state index in [0.717, 1.165) is 6.04 Å². The van der Waals surface area contributed by atoms with Crippen LogP contribution in [0.15, 0.2) is 0 Å². The first-order valence-electron chi connectivity index (χ1n) is 4.36. The molecule has 2 heterocycles. The van der Waals surface area contributed by atoms with Crippen molar-refractivity contribution in [1.29, 1.82) is 0 Å². The van der Waals surface area contributed by atoms with Crippen LogP contribution in [0.1, 0.15) is 13.3 Å². The van der Waals surface area contributed by atoms with E-state index in [1.165, 1.54) is 39.1 Å². The Kier molecular flexibility index (Phi) is 1.66. The molecule has 2 saturated heterocycles. The quantitative estimate of drug-likeness (QED) is 0.521. The summed E-state index contributed by atoms with van der Waals surface area (Å²) in [6.07, 6.45) is 1.33. The van der Waals surface area contributed by atoms with E-state index in [4.69, 9.17) is 0 Å². The third-order valence-corrected chi connectivity index (χ3v) is 2.48. The van der Waals surface area contributed by atoms with Crippen molar-refractivity contribution in [2.45, 2.75) is 19.4 Å². The molecule has 2 nitrogen and oxygen atoms in total. The van der Waals surface area contributed by atoms with E-state index in [1.54, 1.807) is 0 Å². The van der Waals surface area contributed by atoms with E-state index in [9.17, 15) is 0 Å². The standard InChI is InChI=1S/C8H16N2/c1-2-8(10-5-6-10)7-9-3-4-9/h8H,2-7H2,1H3. The van der Waals surface area contributed by atoms with Crippen LogP contribution in [0.3, 0.4) is 0 Å². The molecule has 2 rings (SSSR count). The SMILES string of the molecule is CCC(CN1CC1)N1CC1. The monoisotopic (exact) mass is 140 g/mol. The minimum absolute atomic E-state index is 0.877. The molecule has 0 amide bonds. The highest BCUT2D eigenvalue weighted by atomic mass is 15.3. The molecule has 0 aromatic rings. The summed E-state index contributed by atoms with van der Waals surface area (Å²) in [4.78, 5) is 5.09. The zero-order valence-corrected chi connectivity index (χ0v) is 6.71. The average molecular weight is 140 g/mol. The maximum absolute atomic E-state index is 2.57. The number of hydrogen-bond acceptors (Lipinski definition) is 2. The van der Waals surface area contributed by atoms with Crippen molar-refractivity contribution in [2.75, 3.05) is 32.7 Å². The van der Waals surface area contributed by atoms with Gasteiger partial charge in [-0.25, -0.2) is 0 Å². The Morgan fingerprint density at radius 1 is 1.20 bits per heavy atom. The van der Waals surface area contributed by atoms with Crippen molar-refractivity contribution in [3.8, 4) is 0 Å². The first-order chi connectivity index (χ1) is 4.90. The van der Waals surface area contributed by atoms with Crippen LogP contribution in [0.25, 0.3) is 0 Å². The summed E-state index contributed by atoms with van der Waals surface area (Å²) in [6.45, 7) is 9.04. The molecular weight excluding hydrogens is 124 g/mol. The van der Waals surface area contributed by atoms with E-state index in [1.807, 2.05) is 0 Å². The number of hydrogen-bond donors (Lipinski definition) is 0. The van der Waals surface area contributed by atoms with Crippen LogP contribution < -0.4 is 0 Å². The van der Waals surface area contributed by atoms with Crippen LogP contribution in [0.5, 0.6) is 0 Å². The lowest BCUT2D eigenvalue weighted by Crippen LogP contribution is -2.26. The van der Waals surface area contributed by atoms with Gasteiger partial charge in [0.15, 0.2) is 0 Å². The molecule has 1 unspecified atom stereocenters. The third kappa shape index (κ3) is 1.50. The van der Waals surface area contributed by atoms with Crippen molar-refractivity contribution in [3.05, 3.63) is 0 Å². The van der Waals surface area contributed by atoms with Crippen LogP contribution in [0.2, 0.25) is 0 Å². The van der Waals surface area contributed by atoms with Gasteiger partial charge in [-0.1, -0.05) is 6.92 Å². The fraction of sp³-hybridized carbons (Fsp3) is 1.00. The summed E-state index contributed by atoms with van der Waals surface area (Å²) < 4.78 is 0. The van der Waals surface area contributed by atoms with Crippen molar-refractivity contribution in [2.24, 2.45) is 0 Å². The summed E-state index contributed by atoms with van der Waals surface area (Å²) in [7, 11) is 0. The Morgan fingerprint density at radius 3 is 2.30 bits per heavy atom. The zero-order valence-electron chi connectivity index (χ0n) is 6.71. The molecule has 0 aromatic carbocycles. The molecule has 0 aromatic heterocycles. The molecule has 10 heavy (non-hydrogen) atoms. The minimum atomic E-state index is 0.877. The van der Waals surface area contributed by atoms with Gasteiger partial charge in [0.2, 0.25) is 0 Å². The first kappa shape index (κ1) is 6.62. The molecule has 58 valence electrons. The van der Waals surface area contributed by atoms with Gasteiger partial charge in [-0.3, -0.25) is 9.80 Å². The Balaban J connectivity index is 1.73. The Hall–Kier alpha value is -0.0800. The highest BCUT2D eigenvalue weighted by Crippen LogP contribution is 2.17. The van der Waals surface area contributed by atoms with Gasteiger partial charge in [0.1, 0.15) is 0 Å². The second-order valence-electron chi connectivity index (χ2n) is 3.40. The van der Waals surface area contributed by atoms with Crippen LogP contribution in [0.4, 0.5) is 0 Å². The van der Waals surface area contributed by atoms with Gasteiger partial charge in [-0.2, -0.15) is 0 Å². The first-order valence-corrected chi connectivity index (χ1v) is 4.36. The summed E-state index contributed by atoms with van der Waals surface area (Å²) in [5.41, 5.74) is 0. The predicted molar refractivity (Wildman–Crippen MR) is 42.1 cm³/mol. The van der Waals surface area contributed by atoms with E-state index in [0.29, 0.717) is 0 Å². The van der Waals surface area contributed by atoms with Gasteiger partial charge in [-0.05, 0) is 6.42 Å². The van der Waals surface area contributed by atoms with Crippen LogP contribution in [0, 0.1) is 0 Å². The van der Waals surface area contributed by atoms with Gasteiger partial charge in [-0.15, -0.1) is 0 Å². The molecule has 0 bridgehead atoms. The molecule has 0 aliphatic carbocycles. The second-order valence-corrected chi connectivity index (χ2v) is 3.40. The largest absolute Gasteiger partial charge is 0.299 e. The molecular formula is C8H16N2. The van der Waals surface area contributed by atoms with Crippen LogP contribution >= 0.6 is 0 Å². The lowest BCUT2D eigenvalue weighted by Gasteiger charge is -2.15. The fourth-order valence-electron chi connectivity index (χ4n) is 1.48. The average Bonchev–Trinajstić information content (AvgIpc) is 2.76. The highest BCUT2D eigenvalue weighted by Gasteiger charge is 2.30. The molecule has 0 saturated carbocycles. The van der Waals surface area contributed by atoms with Crippen molar-refractivity contribution < 1.29 is 0 Å². The third-order valence-electron chi connectivity index (χ3n) is 2.48. The normalized spacial score (nSPS) is 28.5. The summed E-state index contributed by atoms with van der Waals surface area (Å²) in [6, 6.07) is 0.877. The van der Waals surface area contributed by atoms with Gasteiger partial charge in [0.05, 0.1) is 0 Å². The number of rotatable bonds is 4. The minimum Gasteiger partial charge on any atom is -0.299 e. The van der Waals surface area contributed by atoms with Crippen molar-refractivity contribution in [1.82, 2.24) is 9.80 Å². The second kappa shape index (κ2) is 2.51. The maximum Gasteiger partial charge on any atom is 0.0221 e. The molecule has 2 aliphatic heterocycles. The lowest BCUT2D eigenvalue weighted by molar-refractivity contribution is 0.329. The smallest absolute Gasteiger partial charge is 0.0221 e. The van der Waals surface area contributed by atoms with Crippen molar-refractivity contribution in [3.63, 3.8) is 0 Å². The van der Waals surface area contributed by atoms with Gasteiger partial charge in [0.25, 0.3) is 0 Å². The van der Waals surface area contributed by atoms with Crippen LogP contribution in [-0.2, 0) is 0 Å². The summed E-state index contributed by atoms with van der Waals surface area (Å²) in [5.74, 6) is 0. The summed E-state index contributed by atoms with van der Waals surface area (Å²) >= 11 is 0. The molecule has 0 N–H and O–H groups in total. The van der Waals surface area contributed by atoms with Gasteiger partial charge in [0, 0.05) is 38.8 Å². The van der Waals surface area contributed by atoms with E-state index >= 15 is 0 Å². The topological polar surface area (TPSA) is 6.02 Å². The van der Waals surface area contributed by atoms with Crippen LogP contribution in [-0.4, -0.2) is 48.6 Å². The zero-order chi connectivity index (χ0) is 6.97. The maximum atomic E-state index is 2.57. The fourth-order valence-corrected chi connectivity index (χ4v) is 1.48. The predicted octanol–water partition coefficient (Wildman–Crippen LogP) is 0.396. The highest BCUT2D eigenvalue weighted by molar-refractivity contribution is 4.86. The molecule has 1 atom stereocenters. The summed E-state index contributed by atoms with van der Waals surface area (Å²) in [5, 5.41) is 0. The van der Waals surface area contributed by atoms with Gasteiger partial charge >= 0.3 is 0 Å². The molecule has 0 radical (unpaired) electrons. The van der Waals surface area contributed by atoms with Gasteiger partial charge < -0.3 is 0 Å². The molecule has 2 fully saturated rings. The Bertz CT molecular complexity index is 116. The molecule has 0 spiro atoms. The molecule has 2 heteroatoms. The van der Waals surface area contributed by atoms with E-state index in [-0.39, 0.29) is 0 Å². The lowest BCUT2D eigenvalue weighted by atomic mass is 10.2. The van der Waals surface area contributed by atoms with Crippen molar-refractivity contribution >= 4 is 0 Å². The van der Waals surface area contributed by atoms with E-state index in [2.05, 4.69) is 16.7 Å². The van der Waals surface area contributed by atoms with E-state index < -0.39 is 0 Å².